The van der Waals surface area contributed by atoms with Crippen molar-refractivity contribution in [1.82, 2.24) is 4.90 Å². The number of hydrogen-bond donors (Lipinski definition) is 0. The summed E-state index contributed by atoms with van der Waals surface area (Å²) in [6.07, 6.45) is 6.09. The van der Waals surface area contributed by atoms with E-state index in [0.717, 1.165) is 30.8 Å². The van der Waals surface area contributed by atoms with Crippen molar-refractivity contribution >= 4 is 28.8 Å². The molecule has 34 heavy (non-hydrogen) atoms. The fourth-order valence-corrected chi connectivity index (χ4v) is 7.06. The van der Waals surface area contributed by atoms with Crippen molar-refractivity contribution in [3.63, 3.8) is 0 Å². The summed E-state index contributed by atoms with van der Waals surface area (Å²) in [6, 6.07) is 17.8. The van der Waals surface area contributed by atoms with Gasteiger partial charge in [-0.3, -0.25) is 9.69 Å². The van der Waals surface area contributed by atoms with Gasteiger partial charge in [-0.15, -0.1) is 0 Å². The van der Waals surface area contributed by atoms with Gasteiger partial charge in [-0.25, -0.2) is 0 Å². The van der Waals surface area contributed by atoms with Crippen LogP contribution in [0.3, 0.4) is 0 Å². The number of thiocarbonyl (C=S) groups is 1. The molecule has 3 aliphatic rings. The number of para-hydroxylation sites is 1. The number of allylic oxidation sites excluding steroid dienone is 1. The monoisotopic (exact) mass is 472 g/mol. The molecular formula is C30H36N2OS. The van der Waals surface area contributed by atoms with Gasteiger partial charge in [0, 0.05) is 35.3 Å². The summed E-state index contributed by atoms with van der Waals surface area (Å²) in [6.45, 7) is 11.5. The number of piperidine rings is 1. The van der Waals surface area contributed by atoms with Crippen molar-refractivity contribution in [2.75, 3.05) is 18.0 Å². The van der Waals surface area contributed by atoms with Crippen LogP contribution in [0.5, 0.6) is 0 Å². The van der Waals surface area contributed by atoms with E-state index in [2.05, 4.69) is 25.7 Å². The zero-order valence-electron chi connectivity index (χ0n) is 20.9. The minimum atomic E-state index is -0.0487. The van der Waals surface area contributed by atoms with E-state index in [-0.39, 0.29) is 16.7 Å². The van der Waals surface area contributed by atoms with Crippen LogP contribution in [0.15, 0.2) is 65.9 Å². The fraction of sp³-hybridized carbons (Fsp3) is 0.467. The first-order valence-electron chi connectivity index (χ1n) is 12.8. The minimum Gasteiger partial charge on any atom is -0.374 e. The molecule has 2 aromatic carbocycles. The largest absolute Gasteiger partial charge is 0.374 e. The molecule has 0 spiro atoms. The third kappa shape index (κ3) is 3.53. The van der Waals surface area contributed by atoms with Gasteiger partial charge in [0.05, 0.1) is 5.69 Å². The van der Waals surface area contributed by atoms with E-state index in [4.69, 9.17) is 12.2 Å². The Kier molecular flexibility index (Phi) is 5.92. The SMILES string of the molecule is Cc1ccc(C(=O)N(C(=S)C2=C(N3CCCCC3)C3(C)CCC2C3(C)C)c2ccccc2)cc1. The van der Waals surface area contributed by atoms with Crippen LogP contribution in [-0.2, 0) is 0 Å². The van der Waals surface area contributed by atoms with Crippen LogP contribution in [0.25, 0.3) is 0 Å². The van der Waals surface area contributed by atoms with Crippen molar-refractivity contribution in [3.05, 3.63) is 77.0 Å². The lowest BCUT2D eigenvalue weighted by molar-refractivity contribution is 0.100. The molecule has 3 nitrogen and oxygen atoms in total. The van der Waals surface area contributed by atoms with E-state index in [1.807, 2.05) is 61.5 Å². The van der Waals surface area contributed by atoms with Crippen molar-refractivity contribution in [1.29, 1.82) is 0 Å². The first-order valence-corrected chi connectivity index (χ1v) is 13.2. The van der Waals surface area contributed by atoms with Gasteiger partial charge in [0.15, 0.2) is 0 Å². The second-order valence-corrected chi connectivity index (χ2v) is 11.5. The minimum absolute atomic E-state index is 0.0487. The Morgan fingerprint density at radius 3 is 2.26 bits per heavy atom. The lowest BCUT2D eigenvalue weighted by Crippen LogP contribution is -2.42. The molecule has 1 saturated heterocycles. The van der Waals surface area contributed by atoms with Crippen molar-refractivity contribution in [2.45, 2.75) is 59.8 Å². The molecule has 2 fully saturated rings. The molecule has 1 saturated carbocycles. The smallest absolute Gasteiger partial charge is 0.263 e. The number of aryl methyl sites for hydroxylation is 1. The van der Waals surface area contributed by atoms with Gasteiger partial charge in [0.1, 0.15) is 4.99 Å². The second kappa shape index (κ2) is 8.64. The van der Waals surface area contributed by atoms with E-state index in [1.165, 1.54) is 37.0 Å². The number of carbonyl (C=O) groups excluding carboxylic acids is 1. The maximum absolute atomic E-state index is 14.0. The quantitative estimate of drug-likeness (QED) is 0.441. The van der Waals surface area contributed by atoms with Gasteiger partial charge in [-0.05, 0) is 74.6 Å². The molecule has 1 aliphatic heterocycles. The maximum atomic E-state index is 14.0. The van der Waals surface area contributed by atoms with Gasteiger partial charge in [0.25, 0.3) is 5.91 Å². The second-order valence-electron chi connectivity index (χ2n) is 11.1. The summed E-state index contributed by atoms with van der Waals surface area (Å²) in [5, 5.41) is 0. The predicted molar refractivity (Wildman–Crippen MR) is 144 cm³/mol. The standard InChI is InChI=1S/C30H36N2OS/c1-21-13-15-22(16-14-21)27(33)32(23-11-7-5-8-12-23)28(34)25-24-17-18-30(4,29(24,2)3)26(25)31-19-9-6-10-20-31/h5,7-8,11-16,24H,6,9-10,17-20H2,1-4H3. The molecule has 5 rings (SSSR count). The Morgan fingerprint density at radius 1 is 0.971 bits per heavy atom. The van der Waals surface area contributed by atoms with E-state index in [9.17, 15) is 4.79 Å². The van der Waals surface area contributed by atoms with Crippen LogP contribution in [0, 0.1) is 23.7 Å². The number of nitrogens with zero attached hydrogens (tertiary/aromatic N) is 2. The lowest BCUT2D eigenvalue weighted by Gasteiger charge is -2.43. The lowest BCUT2D eigenvalue weighted by atomic mass is 9.69. The summed E-state index contributed by atoms with van der Waals surface area (Å²) in [5.74, 6) is 0.325. The molecule has 2 aromatic rings. The van der Waals surface area contributed by atoms with Crippen molar-refractivity contribution < 1.29 is 4.79 Å². The third-order valence-electron chi connectivity index (χ3n) is 8.97. The molecule has 0 radical (unpaired) electrons. The Hall–Kier alpha value is -2.46. The highest BCUT2D eigenvalue weighted by molar-refractivity contribution is 7.81. The molecule has 2 bridgehead atoms. The van der Waals surface area contributed by atoms with Crippen LogP contribution >= 0.6 is 12.2 Å². The van der Waals surface area contributed by atoms with Crippen LogP contribution < -0.4 is 4.90 Å². The van der Waals surface area contributed by atoms with Crippen molar-refractivity contribution in [3.8, 4) is 0 Å². The average molecular weight is 473 g/mol. The number of likely N-dealkylation sites (tertiary alicyclic amines) is 1. The predicted octanol–water partition coefficient (Wildman–Crippen LogP) is 7.17. The van der Waals surface area contributed by atoms with Crippen LogP contribution in [-0.4, -0.2) is 28.9 Å². The molecule has 1 amide bonds. The number of carbonyl (C=O) groups is 1. The van der Waals surface area contributed by atoms with Crippen molar-refractivity contribution in [2.24, 2.45) is 16.7 Å². The van der Waals surface area contributed by atoms with E-state index >= 15 is 0 Å². The normalized spacial score (nSPS) is 25.5. The molecule has 178 valence electrons. The van der Waals surface area contributed by atoms with Crippen LogP contribution in [0.2, 0.25) is 0 Å². The molecule has 4 heteroatoms. The molecule has 0 aromatic heterocycles. The Labute approximate surface area is 209 Å². The number of hydrogen-bond acceptors (Lipinski definition) is 3. The van der Waals surface area contributed by atoms with E-state index in [1.54, 1.807) is 4.90 Å². The van der Waals surface area contributed by atoms with Gasteiger partial charge in [-0.1, -0.05) is 68.9 Å². The molecule has 2 unspecified atom stereocenters. The Balaban J connectivity index is 1.65. The van der Waals surface area contributed by atoms with Gasteiger partial charge in [0.2, 0.25) is 0 Å². The zero-order valence-corrected chi connectivity index (χ0v) is 21.8. The molecule has 2 atom stereocenters. The highest BCUT2D eigenvalue weighted by Gasteiger charge is 2.63. The maximum Gasteiger partial charge on any atom is 0.263 e. The number of rotatable bonds is 4. The number of anilines is 1. The van der Waals surface area contributed by atoms with E-state index < -0.39 is 0 Å². The van der Waals surface area contributed by atoms with Gasteiger partial charge >= 0.3 is 0 Å². The number of benzene rings is 2. The summed E-state index contributed by atoms with van der Waals surface area (Å²) >= 11 is 6.30. The van der Waals surface area contributed by atoms with Crippen LogP contribution in [0.4, 0.5) is 5.69 Å². The fourth-order valence-electron chi connectivity index (χ4n) is 6.63. The van der Waals surface area contributed by atoms with Crippen LogP contribution in [0.1, 0.15) is 68.8 Å². The molecule has 0 N–H and O–H groups in total. The third-order valence-corrected chi connectivity index (χ3v) is 9.38. The van der Waals surface area contributed by atoms with Gasteiger partial charge < -0.3 is 4.90 Å². The Bertz CT molecular complexity index is 1130. The summed E-state index contributed by atoms with van der Waals surface area (Å²) in [4.78, 5) is 19.1. The average Bonchev–Trinajstić information content (AvgIpc) is 3.18. The Morgan fingerprint density at radius 2 is 1.62 bits per heavy atom. The first kappa shape index (κ1) is 23.3. The molecule has 1 heterocycles. The molecule has 2 aliphatic carbocycles. The highest BCUT2D eigenvalue weighted by atomic mass is 32.1. The summed E-state index contributed by atoms with van der Waals surface area (Å²) < 4.78 is 0. The molecular weight excluding hydrogens is 436 g/mol. The number of fused-ring (bicyclic) bond motifs is 2. The topological polar surface area (TPSA) is 23.6 Å². The highest BCUT2D eigenvalue weighted by Crippen LogP contribution is 2.68. The number of amides is 1. The summed E-state index contributed by atoms with van der Waals surface area (Å²) in [5.41, 5.74) is 5.54. The summed E-state index contributed by atoms with van der Waals surface area (Å²) in [7, 11) is 0. The first-order chi connectivity index (χ1) is 16.3. The van der Waals surface area contributed by atoms with E-state index in [0.29, 0.717) is 16.5 Å². The zero-order chi connectivity index (χ0) is 24.1. The van der Waals surface area contributed by atoms with Gasteiger partial charge in [-0.2, -0.15) is 0 Å².